The Morgan fingerprint density at radius 3 is 2.60 bits per heavy atom. The molecule has 0 aliphatic carbocycles. The van der Waals surface area contributed by atoms with E-state index in [0.717, 1.165) is 24.3 Å². The molecule has 0 radical (unpaired) electrons. The first-order valence-electron chi connectivity index (χ1n) is 8.45. The normalized spacial score (nSPS) is 15.7. The van der Waals surface area contributed by atoms with Crippen molar-refractivity contribution in [3.8, 4) is 5.75 Å². The summed E-state index contributed by atoms with van der Waals surface area (Å²) in [5.41, 5.74) is 3.58. The third-order valence-corrected chi connectivity index (χ3v) is 4.44. The van der Waals surface area contributed by atoms with Crippen LogP contribution in [0.4, 0.5) is 0 Å². The summed E-state index contributed by atoms with van der Waals surface area (Å²) >= 11 is 0. The van der Waals surface area contributed by atoms with Gasteiger partial charge in [-0.25, -0.2) is 0 Å². The van der Waals surface area contributed by atoms with E-state index in [1.54, 1.807) is 4.90 Å². The first-order valence-corrected chi connectivity index (χ1v) is 8.45. The second-order valence-electron chi connectivity index (χ2n) is 6.14. The average Bonchev–Trinajstić information content (AvgIpc) is 2.62. The van der Waals surface area contributed by atoms with Gasteiger partial charge in [0.25, 0.3) is 0 Å². The molecule has 1 aliphatic heterocycles. The molecule has 1 amide bonds. The monoisotopic (exact) mass is 360 g/mol. The minimum atomic E-state index is -0.163. The van der Waals surface area contributed by atoms with Gasteiger partial charge < -0.3 is 15.0 Å². The fourth-order valence-corrected chi connectivity index (χ4v) is 3.16. The fourth-order valence-electron chi connectivity index (χ4n) is 3.16. The number of fused-ring (bicyclic) bond motifs is 1. The lowest BCUT2D eigenvalue weighted by molar-refractivity contribution is -0.132. The predicted molar refractivity (Wildman–Crippen MR) is 102 cm³/mol. The third-order valence-electron chi connectivity index (χ3n) is 4.44. The minimum Gasteiger partial charge on any atom is -0.494 e. The van der Waals surface area contributed by atoms with Crippen molar-refractivity contribution in [1.82, 2.24) is 10.2 Å². The third kappa shape index (κ3) is 4.53. The first-order chi connectivity index (χ1) is 11.7. The molecule has 5 heteroatoms. The van der Waals surface area contributed by atoms with Gasteiger partial charge in [-0.2, -0.15) is 0 Å². The van der Waals surface area contributed by atoms with Gasteiger partial charge in [-0.15, -0.1) is 12.4 Å². The number of carbonyl (C=O) groups excluding carboxylic acids is 1. The van der Waals surface area contributed by atoms with Crippen LogP contribution < -0.4 is 10.1 Å². The highest BCUT2D eigenvalue weighted by atomic mass is 35.5. The Kier molecular flexibility index (Phi) is 6.85. The summed E-state index contributed by atoms with van der Waals surface area (Å²) in [4.78, 5) is 14.6. The van der Waals surface area contributed by atoms with Crippen LogP contribution in [0.5, 0.6) is 5.75 Å². The van der Waals surface area contributed by atoms with E-state index in [4.69, 9.17) is 4.74 Å². The number of ether oxygens (including phenoxy) is 1. The molecule has 1 N–H and O–H groups in total. The van der Waals surface area contributed by atoms with Gasteiger partial charge in [-0.3, -0.25) is 4.79 Å². The smallest absolute Gasteiger partial charge is 0.240 e. The van der Waals surface area contributed by atoms with Crippen molar-refractivity contribution in [2.45, 2.75) is 32.5 Å². The van der Waals surface area contributed by atoms with E-state index >= 15 is 0 Å². The van der Waals surface area contributed by atoms with E-state index in [1.165, 1.54) is 11.1 Å². The lowest BCUT2D eigenvalue weighted by Gasteiger charge is -2.29. The van der Waals surface area contributed by atoms with Gasteiger partial charge in [0.15, 0.2) is 0 Å². The van der Waals surface area contributed by atoms with E-state index < -0.39 is 0 Å². The SMILES string of the molecule is CCOc1ccccc1CN(C)C(=O)C1Cc2ccccc2CN1.Cl. The van der Waals surface area contributed by atoms with Crippen molar-refractivity contribution in [3.63, 3.8) is 0 Å². The quantitative estimate of drug-likeness (QED) is 0.890. The second-order valence-corrected chi connectivity index (χ2v) is 6.14. The van der Waals surface area contributed by atoms with Crippen LogP contribution >= 0.6 is 12.4 Å². The predicted octanol–water partition coefficient (Wildman–Crippen LogP) is 3.18. The highest BCUT2D eigenvalue weighted by Crippen LogP contribution is 2.21. The number of likely N-dealkylation sites (N-methyl/N-ethyl adjacent to an activating group) is 1. The van der Waals surface area contributed by atoms with Crippen molar-refractivity contribution < 1.29 is 9.53 Å². The maximum absolute atomic E-state index is 12.8. The number of carbonyl (C=O) groups is 1. The van der Waals surface area contributed by atoms with Gasteiger partial charge in [-0.05, 0) is 30.5 Å². The van der Waals surface area contributed by atoms with Crippen molar-refractivity contribution in [1.29, 1.82) is 0 Å². The zero-order valence-corrected chi connectivity index (χ0v) is 15.5. The van der Waals surface area contributed by atoms with Crippen LogP contribution in [0.25, 0.3) is 0 Å². The Balaban J connectivity index is 0.00000225. The maximum atomic E-state index is 12.8. The number of hydrogen-bond acceptors (Lipinski definition) is 3. The highest BCUT2D eigenvalue weighted by Gasteiger charge is 2.26. The summed E-state index contributed by atoms with van der Waals surface area (Å²) in [5, 5.41) is 3.36. The van der Waals surface area contributed by atoms with Crippen LogP contribution in [-0.2, 0) is 24.3 Å². The van der Waals surface area contributed by atoms with Gasteiger partial charge >= 0.3 is 0 Å². The summed E-state index contributed by atoms with van der Waals surface area (Å²) in [5.74, 6) is 0.970. The van der Waals surface area contributed by atoms with Gasteiger partial charge in [0.1, 0.15) is 5.75 Å². The molecule has 0 bridgehead atoms. The summed E-state index contributed by atoms with van der Waals surface area (Å²) in [7, 11) is 1.85. The number of benzene rings is 2. The molecular formula is C20H25ClN2O2. The number of rotatable bonds is 5. The van der Waals surface area contributed by atoms with Gasteiger partial charge in [-0.1, -0.05) is 42.5 Å². The largest absolute Gasteiger partial charge is 0.494 e. The van der Waals surface area contributed by atoms with Gasteiger partial charge in [0, 0.05) is 25.7 Å². The number of nitrogens with one attached hydrogen (secondary N) is 1. The number of amides is 1. The van der Waals surface area contributed by atoms with Gasteiger partial charge in [0.2, 0.25) is 5.91 Å². The number of para-hydroxylation sites is 1. The lowest BCUT2D eigenvalue weighted by atomic mass is 9.95. The highest BCUT2D eigenvalue weighted by molar-refractivity contribution is 5.85. The summed E-state index contributed by atoms with van der Waals surface area (Å²) in [6.07, 6.45) is 0.743. The number of halogens is 1. The fraction of sp³-hybridized carbons (Fsp3) is 0.350. The molecule has 1 aliphatic rings. The van der Waals surface area contributed by atoms with Gasteiger partial charge in [0.05, 0.1) is 12.6 Å². The molecule has 2 aromatic rings. The Hall–Kier alpha value is -2.04. The molecule has 1 unspecified atom stereocenters. The molecule has 0 fully saturated rings. The van der Waals surface area contributed by atoms with E-state index in [1.807, 2.05) is 50.4 Å². The van der Waals surface area contributed by atoms with Crippen molar-refractivity contribution >= 4 is 18.3 Å². The Morgan fingerprint density at radius 1 is 1.16 bits per heavy atom. The number of hydrogen-bond donors (Lipinski definition) is 1. The van der Waals surface area contributed by atoms with Crippen LogP contribution in [0.15, 0.2) is 48.5 Å². The molecule has 0 saturated heterocycles. The molecule has 1 heterocycles. The Labute approximate surface area is 155 Å². The van der Waals surface area contributed by atoms with E-state index in [9.17, 15) is 4.79 Å². The lowest BCUT2D eigenvalue weighted by Crippen LogP contribution is -2.48. The molecule has 0 aromatic heterocycles. The summed E-state index contributed by atoms with van der Waals surface area (Å²) in [6, 6.07) is 16.0. The van der Waals surface area contributed by atoms with Crippen molar-refractivity contribution in [2.24, 2.45) is 0 Å². The average molecular weight is 361 g/mol. The maximum Gasteiger partial charge on any atom is 0.240 e. The zero-order valence-electron chi connectivity index (χ0n) is 14.7. The molecular weight excluding hydrogens is 336 g/mol. The molecule has 0 saturated carbocycles. The summed E-state index contributed by atoms with van der Waals surface area (Å²) in [6.45, 7) is 3.88. The van der Waals surface area contributed by atoms with Crippen LogP contribution in [-0.4, -0.2) is 30.5 Å². The number of nitrogens with zero attached hydrogens (tertiary/aromatic N) is 1. The minimum absolute atomic E-state index is 0. The molecule has 25 heavy (non-hydrogen) atoms. The molecule has 0 spiro atoms. The van der Waals surface area contributed by atoms with Crippen molar-refractivity contribution in [3.05, 3.63) is 65.2 Å². The zero-order chi connectivity index (χ0) is 16.9. The molecule has 4 nitrogen and oxygen atoms in total. The Bertz CT molecular complexity index is 720. The van der Waals surface area contributed by atoms with Crippen LogP contribution in [0.2, 0.25) is 0 Å². The van der Waals surface area contributed by atoms with Crippen molar-refractivity contribution in [2.75, 3.05) is 13.7 Å². The molecule has 134 valence electrons. The van der Waals surface area contributed by atoms with E-state index in [2.05, 4.69) is 17.4 Å². The van der Waals surface area contributed by atoms with Crippen LogP contribution in [0.3, 0.4) is 0 Å². The molecule has 1 atom stereocenters. The van der Waals surface area contributed by atoms with E-state index in [0.29, 0.717) is 13.2 Å². The van der Waals surface area contributed by atoms with E-state index in [-0.39, 0.29) is 24.4 Å². The Morgan fingerprint density at radius 2 is 1.84 bits per heavy atom. The molecule has 3 rings (SSSR count). The summed E-state index contributed by atoms with van der Waals surface area (Å²) < 4.78 is 5.66. The second kappa shape index (κ2) is 8.88. The molecule has 2 aromatic carbocycles. The van der Waals surface area contributed by atoms with Crippen LogP contribution in [0.1, 0.15) is 23.6 Å². The van der Waals surface area contributed by atoms with Crippen LogP contribution in [0, 0.1) is 0 Å². The topological polar surface area (TPSA) is 41.6 Å². The standard InChI is InChI=1S/C20H24N2O2.ClH/c1-3-24-19-11-7-6-10-17(19)14-22(2)20(23)18-12-15-8-4-5-9-16(15)13-21-18;/h4-11,18,21H,3,12-14H2,1-2H3;1H. The first kappa shape index (κ1) is 19.3.